The van der Waals surface area contributed by atoms with E-state index in [1.54, 1.807) is 18.2 Å². The van der Waals surface area contributed by atoms with Crippen molar-refractivity contribution in [2.45, 2.75) is 38.6 Å². The van der Waals surface area contributed by atoms with Gasteiger partial charge in [-0.1, -0.05) is 49.0 Å². The Bertz CT molecular complexity index is 373. The molecule has 0 aromatic heterocycles. The Morgan fingerprint density at radius 3 is 2.47 bits per heavy atom. The van der Waals surface area contributed by atoms with Crippen molar-refractivity contribution in [3.63, 3.8) is 0 Å². The van der Waals surface area contributed by atoms with E-state index in [0.29, 0.717) is 15.6 Å². The Balaban J connectivity index is 2.68. The second-order valence-electron chi connectivity index (χ2n) is 4.09. The summed E-state index contributed by atoms with van der Waals surface area (Å²) in [5, 5.41) is 1.04. The summed E-state index contributed by atoms with van der Waals surface area (Å²) in [5.41, 5.74) is 6.49. The van der Waals surface area contributed by atoms with E-state index in [2.05, 4.69) is 6.92 Å². The summed E-state index contributed by atoms with van der Waals surface area (Å²) in [6.07, 6.45) is 2.93. The van der Waals surface area contributed by atoms with E-state index in [9.17, 15) is 4.79 Å². The van der Waals surface area contributed by atoms with Crippen LogP contribution in [0.5, 0.6) is 0 Å². The van der Waals surface area contributed by atoms with Crippen LogP contribution in [0.15, 0.2) is 18.2 Å². The van der Waals surface area contributed by atoms with Crippen LogP contribution in [0.3, 0.4) is 0 Å². The van der Waals surface area contributed by atoms with Crippen LogP contribution in [0.2, 0.25) is 10.0 Å². The molecule has 2 N–H and O–H groups in total. The molecule has 0 aliphatic rings. The molecule has 1 aromatic carbocycles. The Morgan fingerprint density at radius 1 is 1.35 bits per heavy atom. The van der Waals surface area contributed by atoms with Crippen molar-refractivity contribution in [2.75, 3.05) is 0 Å². The van der Waals surface area contributed by atoms with Crippen molar-refractivity contribution >= 4 is 29.0 Å². The molecule has 2 nitrogen and oxygen atoms in total. The van der Waals surface area contributed by atoms with E-state index in [1.165, 1.54) is 0 Å². The van der Waals surface area contributed by atoms with Gasteiger partial charge in [0.15, 0.2) is 5.78 Å². The largest absolute Gasteiger partial charge is 0.321 e. The highest BCUT2D eigenvalue weighted by Gasteiger charge is 2.16. The standard InChI is InChI=1S/C13H17Cl2NO/c1-2-3-7-12(16)13(17)8-9-10(14)5-4-6-11(9)15/h4-6,12H,2-3,7-8,16H2,1H3. The predicted molar refractivity (Wildman–Crippen MR) is 72.7 cm³/mol. The molecular formula is C13H17Cl2NO. The van der Waals surface area contributed by atoms with Crippen LogP contribution < -0.4 is 5.73 Å². The third-order valence-electron chi connectivity index (χ3n) is 2.69. The minimum atomic E-state index is -0.415. The summed E-state index contributed by atoms with van der Waals surface area (Å²) in [6.45, 7) is 2.07. The molecular weight excluding hydrogens is 257 g/mol. The first-order valence-corrected chi connectivity index (χ1v) is 6.53. The lowest BCUT2D eigenvalue weighted by Gasteiger charge is -2.11. The van der Waals surface area contributed by atoms with E-state index in [1.807, 2.05) is 0 Å². The van der Waals surface area contributed by atoms with Crippen LogP contribution >= 0.6 is 23.2 Å². The fourth-order valence-corrected chi connectivity index (χ4v) is 2.12. The Hall–Kier alpha value is -0.570. The second kappa shape index (κ2) is 7.00. The molecule has 1 rings (SSSR count). The number of hydrogen-bond donors (Lipinski definition) is 1. The molecule has 0 radical (unpaired) electrons. The fourth-order valence-electron chi connectivity index (χ4n) is 1.59. The van der Waals surface area contributed by atoms with Crippen LogP contribution in [0.1, 0.15) is 31.7 Å². The van der Waals surface area contributed by atoms with E-state index in [-0.39, 0.29) is 12.2 Å². The molecule has 1 aromatic rings. The van der Waals surface area contributed by atoms with Crippen molar-refractivity contribution in [3.8, 4) is 0 Å². The fraction of sp³-hybridized carbons (Fsp3) is 0.462. The zero-order chi connectivity index (χ0) is 12.8. The van der Waals surface area contributed by atoms with Crippen LogP contribution in [0, 0.1) is 0 Å². The number of rotatable bonds is 6. The molecule has 0 aliphatic carbocycles. The molecule has 0 saturated heterocycles. The van der Waals surface area contributed by atoms with Crippen LogP contribution in [0.25, 0.3) is 0 Å². The van der Waals surface area contributed by atoms with Crippen LogP contribution in [-0.4, -0.2) is 11.8 Å². The van der Waals surface area contributed by atoms with Crippen molar-refractivity contribution in [2.24, 2.45) is 5.73 Å². The van der Waals surface area contributed by atoms with E-state index in [4.69, 9.17) is 28.9 Å². The average Bonchev–Trinajstić information content (AvgIpc) is 2.30. The quantitative estimate of drug-likeness (QED) is 0.860. The molecule has 0 amide bonds. The lowest BCUT2D eigenvalue weighted by Crippen LogP contribution is -2.31. The van der Waals surface area contributed by atoms with E-state index >= 15 is 0 Å². The summed E-state index contributed by atoms with van der Waals surface area (Å²) >= 11 is 12.0. The Labute approximate surface area is 112 Å². The normalized spacial score (nSPS) is 12.5. The first-order chi connectivity index (χ1) is 8.06. The smallest absolute Gasteiger partial charge is 0.153 e. The van der Waals surface area contributed by atoms with Gasteiger partial charge in [-0.25, -0.2) is 0 Å². The molecule has 1 unspecified atom stereocenters. The number of Topliss-reactive ketones (excluding diaryl/α,β-unsaturated/α-hetero) is 1. The van der Waals surface area contributed by atoms with E-state index in [0.717, 1.165) is 19.3 Å². The number of nitrogens with two attached hydrogens (primary N) is 1. The van der Waals surface area contributed by atoms with Crippen molar-refractivity contribution in [3.05, 3.63) is 33.8 Å². The third kappa shape index (κ3) is 4.30. The van der Waals surface area contributed by atoms with Crippen molar-refractivity contribution < 1.29 is 4.79 Å². The van der Waals surface area contributed by atoms with E-state index < -0.39 is 6.04 Å². The highest BCUT2D eigenvalue weighted by atomic mass is 35.5. The molecule has 94 valence electrons. The molecule has 1 atom stereocenters. The predicted octanol–water partition coefficient (Wildman–Crippen LogP) is 3.62. The van der Waals surface area contributed by atoms with Crippen molar-refractivity contribution in [1.82, 2.24) is 0 Å². The highest BCUT2D eigenvalue weighted by molar-refractivity contribution is 6.36. The number of ketones is 1. The molecule has 0 aliphatic heterocycles. The van der Waals surface area contributed by atoms with Gasteiger partial charge in [0.1, 0.15) is 0 Å². The summed E-state index contributed by atoms with van der Waals surface area (Å²) in [4.78, 5) is 11.9. The maximum atomic E-state index is 11.9. The lowest BCUT2D eigenvalue weighted by atomic mass is 10.0. The van der Waals surface area contributed by atoms with Crippen LogP contribution in [0.4, 0.5) is 0 Å². The Morgan fingerprint density at radius 2 is 1.94 bits per heavy atom. The van der Waals surface area contributed by atoms with Gasteiger partial charge in [0.05, 0.1) is 6.04 Å². The maximum Gasteiger partial charge on any atom is 0.153 e. The van der Waals surface area contributed by atoms with Gasteiger partial charge in [-0.3, -0.25) is 4.79 Å². The molecule has 0 saturated carbocycles. The molecule has 17 heavy (non-hydrogen) atoms. The first kappa shape index (κ1) is 14.5. The van der Waals surface area contributed by atoms with Gasteiger partial charge < -0.3 is 5.73 Å². The van der Waals surface area contributed by atoms with Gasteiger partial charge in [0, 0.05) is 16.5 Å². The third-order valence-corrected chi connectivity index (χ3v) is 3.40. The molecule has 0 fully saturated rings. The monoisotopic (exact) mass is 273 g/mol. The molecule has 0 heterocycles. The van der Waals surface area contributed by atoms with Crippen molar-refractivity contribution in [1.29, 1.82) is 0 Å². The SMILES string of the molecule is CCCCC(N)C(=O)Cc1c(Cl)cccc1Cl. The molecule has 0 bridgehead atoms. The van der Waals surface area contributed by atoms with Gasteiger partial charge >= 0.3 is 0 Å². The number of carbonyl (C=O) groups excluding carboxylic acids is 1. The summed E-state index contributed by atoms with van der Waals surface area (Å²) in [7, 11) is 0. The molecule has 4 heteroatoms. The Kier molecular flexibility index (Phi) is 5.96. The highest BCUT2D eigenvalue weighted by Crippen LogP contribution is 2.25. The number of benzene rings is 1. The number of carbonyl (C=O) groups is 1. The maximum absolute atomic E-state index is 11.9. The minimum Gasteiger partial charge on any atom is -0.321 e. The zero-order valence-corrected chi connectivity index (χ0v) is 11.4. The lowest BCUT2D eigenvalue weighted by molar-refractivity contribution is -0.119. The number of halogens is 2. The van der Waals surface area contributed by atoms with Gasteiger partial charge in [-0.05, 0) is 24.1 Å². The minimum absolute atomic E-state index is 0.00606. The first-order valence-electron chi connectivity index (χ1n) is 5.77. The molecule has 0 spiro atoms. The van der Waals surface area contributed by atoms with Gasteiger partial charge in [-0.15, -0.1) is 0 Å². The van der Waals surface area contributed by atoms with Crippen LogP contribution in [-0.2, 0) is 11.2 Å². The number of unbranched alkanes of at least 4 members (excludes halogenated alkanes) is 1. The van der Waals surface area contributed by atoms with Gasteiger partial charge in [0.25, 0.3) is 0 Å². The summed E-state index contributed by atoms with van der Waals surface area (Å²) < 4.78 is 0. The summed E-state index contributed by atoms with van der Waals surface area (Å²) in [5.74, 6) is -0.00606. The second-order valence-corrected chi connectivity index (χ2v) is 4.91. The number of hydrogen-bond acceptors (Lipinski definition) is 2. The van der Waals surface area contributed by atoms with Gasteiger partial charge in [-0.2, -0.15) is 0 Å². The zero-order valence-electron chi connectivity index (χ0n) is 9.88. The summed E-state index contributed by atoms with van der Waals surface area (Å²) in [6, 6.07) is 4.80. The average molecular weight is 274 g/mol. The van der Waals surface area contributed by atoms with Gasteiger partial charge in [0.2, 0.25) is 0 Å². The topological polar surface area (TPSA) is 43.1 Å².